The lowest BCUT2D eigenvalue weighted by Gasteiger charge is -2.01. The minimum absolute atomic E-state index is 0.400. The zero-order valence-corrected chi connectivity index (χ0v) is 7.72. The van der Waals surface area contributed by atoms with Crippen molar-refractivity contribution in [3.05, 3.63) is 17.2 Å². The number of aromatic nitrogens is 2. The first-order chi connectivity index (χ1) is 5.69. The predicted molar refractivity (Wildman–Crippen MR) is 47.4 cm³/mol. The van der Waals surface area contributed by atoms with Gasteiger partial charge in [0, 0.05) is 11.6 Å². The second kappa shape index (κ2) is 3.52. The Hall–Kier alpha value is -1.12. The van der Waals surface area contributed by atoms with Crippen LogP contribution in [0.4, 0.5) is 0 Å². The van der Waals surface area contributed by atoms with Crippen molar-refractivity contribution in [2.45, 2.75) is 33.1 Å². The number of aromatic amines is 1. The van der Waals surface area contributed by atoms with E-state index < -0.39 is 0 Å². The molecular weight excluding hydrogens is 152 g/mol. The van der Waals surface area contributed by atoms with Crippen LogP contribution in [-0.2, 0) is 0 Å². The molecule has 0 aliphatic rings. The average Bonchev–Trinajstić information content (AvgIpc) is 2.45. The van der Waals surface area contributed by atoms with Gasteiger partial charge in [-0.1, -0.05) is 13.8 Å². The van der Waals surface area contributed by atoms with Crippen molar-refractivity contribution >= 4 is 6.29 Å². The van der Waals surface area contributed by atoms with Crippen LogP contribution in [0, 0.1) is 6.92 Å². The lowest BCUT2D eigenvalue weighted by Crippen LogP contribution is -1.93. The second-order valence-corrected chi connectivity index (χ2v) is 3.06. The van der Waals surface area contributed by atoms with Crippen LogP contribution in [0.3, 0.4) is 0 Å². The molecule has 1 rings (SSSR count). The molecule has 3 heteroatoms. The zero-order chi connectivity index (χ0) is 9.14. The minimum Gasteiger partial charge on any atom is -0.345 e. The molecule has 0 bridgehead atoms. The number of aryl methyl sites for hydroxylation is 1. The van der Waals surface area contributed by atoms with Crippen molar-refractivity contribution in [2.24, 2.45) is 0 Å². The molecule has 0 saturated carbocycles. The van der Waals surface area contributed by atoms with Gasteiger partial charge < -0.3 is 4.98 Å². The van der Waals surface area contributed by atoms with Crippen LogP contribution in [0.2, 0.25) is 0 Å². The Morgan fingerprint density at radius 2 is 2.33 bits per heavy atom. The fourth-order valence-electron chi connectivity index (χ4n) is 1.04. The summed E-state index contributed by atoms with van der Waals surface area (Å²) < 4.78 is 0. The Balaban J connectivity index is 2.96. The van der Waals surface area contributed by atoms with Crippen LogP contribution in [0.25, 0.3) is 0 Å². The fraction of sp³-hybridized carbons (Fsp3) is 0.556. The molecule has 66 valence electrons. The van der Waals surface area contributed by atoms with Crippen LogP contribution in [0.1, 0.15) is 48.2 Å². The van der Waals surface area contributed by atoms with Crippen molar-refractivity contribution < 1.29 is 4.79 Å². The van der Waals surface area contributed by atoms with E-state index in [4.69, 9.17) is 0 Å². The van der Waals surface area contributed by atoms with Crippen LogP contribution in [0.15, 0.2) is 0 Å². The van der Waals surface area contributed by atoms with Crippen LogP contribution in [0.5, 0.6) is 0 Å². The molecule has 0 aliphatic heterocycles. The Labute approximate surface area is 72.2 Å². The highest BCUT2D eigenvalue weighted by Crippen LogP contribution is 2.16. The summed E-state index contributed by atoms with van der Waals surface area (Å²) >= 11 is 0. The lowest BCUT2D eigenvalue weighted by molar-refractivity contribution is 0.111. The van der Waals surface area contributed by atoms with E-state index in [0.29, 0.717) is 11.6 Å². The van der Waals surface area contributed by atoms with Crippen molar-refractivity contribution in [2.75, 3.05) is 0 Å². The SMILES string of the molecule is CCC(C)c1nc(C=O)c(C)[nH]1. The molecule has 0 aliphatic carbocycles. The molecule has 1 N–H and O–H groups in total. The standard InChI is InChI=1S/C9H14N2O/c1-4-6(2)9-10-7(3)8(5-12)11-9/h5-6H,4H2,1-3H3,(H,10,11). The molecule has 3 nitrogen and oxygen atoms in total. The maximum Gasteiger partial charge on any atom is 0.170 e. The normalized spacial score (nSPS) is 12.9. The first-order valence-corrected chi connectivity index (χ1v) is 4.20. The maximum atomic E-state index is 10.5. The molecule has 0 aromatic carbocycles. The second-order valence-electron chi connectivity index (χ2n) is 3.06. The van der Waals surface area contributed by atoms with E-state index >= 15 is 0 Å². The molecule has 0 fully saturated rings. The molecule has 1 heterocycles. The third kappa shape index (κ3) is 1.55. The van der Waals surface area contributed by atoms with E-state index in [1.807, 2.05) is 6.92 Å². The Morgan fingerprint density at radius 3 is 2.75 bits per heavy atom. The van der Waals surface area contributed by atoms with Gasteiger partial charge in [-0.05, 0) is 13.3 Å². The number of carbonyl (C=O) groups excluding carboxylic acids is 1. The number of nitrogens with zero attached hydrogens (tertiary/aromatic N) is 1. The Bertz CT molecular complexity index is 278. The largest absolute Gasteiger partial charge is 0.345 e. The Morgan fingerprint density at radius 1 is 1.67 bits per heavy atom. The van der Waals surface area contributed by atoms with Crippen molar-refractivity contribution in [1.82, 2.24) is 9.97 Å². The van der Waals surface area contributed by atoms with Gasteiger partial charge in [0.05, 0.1) is 0 Å². The number of rotatable bonds is 3. The van der Waals surface area contributed by atoms with E-state index in [1.54, 1.807) is 0 Å². The molecule has 0 saturated heterocycles. The summed E-state index contributed by atoms with van der Waals surface area (Å²) in [5.74, 6) is 1.31. The highest BCUT2D eigenvalue weighted by Gasteiger charge is 2.09. The van der Waals surface area contributed by atoms with Gasteiger partial charge in [0.25, 0.3) is 0 Å². The average molecular weight is 166 g/mol. The maximum absolute atomic E-state index is 10.5. The lowest BCUT2D eigenvalue weighted by atomic mass is 10.1. The summed E-state index contributed by atoms with van der Waals surface area (Å²) in [6.45, 7) is 6.05. The van der Waals surface area contributed by atoms with Crippen LogP contribution >= 0.6 is 0 Å². The van der Waals surface area contributed by atoms with Gasteiger partial charge in [0.1, 0.15) is 11.5 Å². The van der Waals surface area contributed by atoms with E-state index in [2.05, 4.69) is 23.8 Å². The molecule has 12 heavy (non-hydrogen) atoms. The highest BCUT2D eigenvalue weighted by atomic mass is 16.1. The Kier molecular flexibility index (Phi) is 2.63. The number of H-pyrrole nitrogens is 1. The summed E-state index contributed by atoms with van der Waals surface area (Å²) in [6.07, 6.45) is 1.82. The molecule has 0 amide bonds. The first-order valence-electron chi connectivity index (χ1n) is 4.20. The number of hydrogen-bond acceptors (Lipinski definition) is 2. The monoisotopic (exact) mass is 166 g/mol. The van der Waals surface area contributed by atoms with E-state index in [9.17, 15) is 4.79 Å². The molecule has 1 aromatic heterocycles. The van der Waals surface area contributed by atoms with E-state index in [0.717, 1.165) is 24.2 Å². The van der Waals surface area contributed by atoms with Crippen molar-refractivity contribution in [1.29, 1.82) is 0 Å². The predicted octanol–water partition coefficient (Wildman–Crippen LogP) is 2.04. The molecule has 0 spiro atoms. The third-order valence-electron chi connectivity index (χ3n) is 2.13. The van der Waals surface area contributed by atoms with E-state index in [1.165, 1.54) is 0 Å². The molecule has 0 radical (unpaired) electrons. The van der Waals surface area contributed by atoms with Crippen molar-refractivity contribution in [3.8, 4) is 0 Å². The van der Waals surface area contributed by atoms with Gasteiger partial charge in [-0.3, -0.25) is 4.79 Å². The van der Waals surface area contributed by atoms with Gasteiger partial charge in [0.2, 0.25) is 0 Å². The van der Waals surface area contributed by atoms with Gasteiger partial charge >= 0.3 is 0 Å². The van der Waals surface area contributed by atoms with Crippen LogP contribution in [-0.4, -0.2) is 16.3 Å². The van der Waals surface area contributed by atoms with Crippen molar-refractivity contribution in [3.63, 3.8) is 0 Å². The number of imidazole rings is 1. The third-order valence-corrected chi connectivity index (χ3v) is 2.13. The van der Waals surface area contributed by atoms with Crippen LogP contribution < -0.4 is 0 Å². The van der Waals surface area contributed by atoms with Gasteiger partial charge in [-0.15, -0.1) is 0 Å². The first kappa shape index (κ1) is 8.97. The molecule has 1 atom stereocenters. The number of aldehydes is 1. The summed E-state index contributed by atoms with van der Waals surface area (Å²) in [5.41, 5.74) is 1.39. The summed E-state index contributed by atoms with van der Waals surface area (Å²) in [6, 6.07) is 0. The minimum atomic E-state index is 0.400. The number of nitrogens with one attached hydrogen (secondary N) is 1. The smallest absolute Gasteiger partial charge is 0.170 e. The van der Waals surface area contributed by atoms with E-state index in [-0.39, 0.29) is 0 Å². The fourth-order valence-corrected chi connectivity index (χ4v) is 1.04. The molecular formula is C9H14N2O. The number of hydrogen-bond donors (Lipinski definition) is 1. The zero-order valence-electron chi connectivity index (χ0n) is 7.72. The molecule has 1 unspecified atom stereocenters. The highest BCUT2D eigenvalue weighted by molar-refractivity contribution is 5.73. The quantitative estimate of drug-likeness (QED) is 0.698. The summed E-state index contributed by atoms with van der Waals surface area (Å²) in [7, 11) is 0. The van der Waals surface area contributed by atoms with Gasteiger partial charge in [0.15, 0.2) is 6.29 Å². The molecule has 1 aromatic rings. The van der Waals surface area contributed by atoms with Gasteiger partial charge in [-0.25, -0.2) is 4.98 Å². The topological polar surface area (TPSA) is 45.8 Å². The summed E-state index contributed by atoms with van der Waals surface area (Å²) in [5, 5.41) is 0. The number of carbonyl (C=O) groups is 1. The van der Waals surface area contributed by atoms with Gasteiger partial charge in [-0.2, -0.15) is 0 Å². The summed E-state index contributed by atoms with van der Waals surface area (Å²) in [4.78, 5) is 17.7.